The Kier molecular flexibility index (Phi) is 3.71. The third-order valence-electron chi connectivity index (χ3n) is 0.482. The number of carbonyl (C=O) groups is 1. The van der Waals surface area contributed by atoms with Crippen LogP contribution < -0.4 is 0 Å². The maximum Gasteiger partial charge on any atom is 0.339 e. The van der Waals surface area contributed by atoms with E-state index in [0.29, 0.717) is 0 Å². The van der Waals surface area contributed by atoms with Crippen LogP contribution in [0.15, 0.2) is 12.2 Å². The van der Waals surface area contributed by atoms with E-state index in [1.165, 1.54) is 6.92 Å². The van der Waals surface area contributed by atoms with Crippen molar-refractivity contribution in [3.63, 3.8) is 0 Å². The summed E-state index contributed by atoms with van der Waals surface area (Å²) in [4.78, 5) is 18.6. The van der Waals surface area contributed by atoms with Gasteiger partial charge in [0, 0.05) is 6.92 Å². The van der Waals surface area contributed by atoms with Crippen molar-refractivity contribution in [3.05, 3.63) is 12.2 Å². The Hall–Kier alpha value is -0.830. The van der Waals surface area contributed by atoms with E-state index in [9.17, 15) is 4.79 Å². The average Bonchev–Trinajstić information content (AvgIpc) is 1.63. The van der Waals surface area contributed by atoms with Gasteiger partial charge in [-0.1, -0.05) is 12.2 Å². The minimum absolute atomic E-state index is 0.263. The van der Waals surface area contributed by atoms with Crippen LogP contribution in [0.3, 0.4) is 0 Å². The fourth-order valence-electron chi connectivity index (χ4n) is 0.213. The van der Waals surface area contributed by atoms with E-state index in [-0.39, 0.29) is 6.61 Å². The van der Waals surface area contributed by atoms with Crippen LogP contribution in [-0.2, 0) is 14.6 Å². The van der Waals surface area contributed by atoms with Gasteiger partial charge in [0.2, 0.25) is 0 Å². The van der Waals surface area contributed by atoms with Crippen LogP contribution in [0.5, 0.6) is 0 Å². The van der Waals surface area contributed by atoms with Gasteiger partial charge in [-0.25, -0.2) is 4.79 Å². The van der Waals surface area contributed by atoms with Gasteiger partial charge in [0.15, 0.2) is 0 Å². The third-order valence-corrected chi connectivity index (χ3v) is 0.482. The van der Waals surface area contributed by atoms with Crippen molar-refractivity contribution in [1.82, 2.24) is 0 Å². The van der Waals surface area contributed by atoms with Crippen LogP contribution in [-0.4, -0.2) is 12.6 Å². The molecule has 0 aliphatic heterocycles. The molecule has 0 spiro atoms. The van der Waals surface area contributed by atoms with Crippen LogP contribution in [0.4, 0.5) is 0 Å². The zero-order chi connectivity index (χ0) is 7.28. The predicted molar refractivity (Wildman–Crippen MR) is 32.5 cm³/mol. The summed E-state index contributed by atoms with van der Waals surface area (Å²) in [6.07, 6.45) is 0. The van der Waals surface area contributed by atoms with Crippen molar-refractivity contribution in [3.8, 4) is 0 Å². The molecule has 0 radical (unpaired) electrons. The molecule has 0 aromatic heterocycles. The normalized spacial score (nSPS) is 8.67. The van der Waals surface area contributed by atoms with Gasteiger partial charge in [0.25, 0.3) is 0 Å². The second-order valence-corrected chi connectivity index (χ2v) is 1.79. The van der Waals surface area contributed by atoms with Crippen LogP contribution in [0, 0.1) is 0 Å². The molecule has 0 bridgehead atoms. The molecule has 0 saturated carbocycles. The van der Waals surface area contributed by atoms with Gasteiger partial charge in [0.05, 0.1) is 0 Å². The van der Waals surface area contributed by atoms with E-state index < -0.39 is 5.97 Å². The number of rotatable bonds is 3. The second-order valence-electron chi connectivity index (χ2n) is 1.79. The highest BCUT2D eigenvalue weighted by Crippen LogP contribution is 1.88. The summed E-state index contributed by atoms with van der Waals surface area (Å²) in [6.45, 7) is 6.86. The lowest BCUT2D eigenvalue weighted by atomic mass is 10.4. The molecule has 3 heteroatoms. The topological polar surface area (TPSA) is 35.5 Å². The summed E-state index contributed by atoms with van der Waals surface area (Å²) in [5.41, 5.74) is 0.816. The Morgan fingerprint density at radius 1 is 1.56 bits per heavy atom. The quantitative estimate of drug-likeness (QED) is 0.325. The first-order valence-electron chi connectivity index (χ1n) is 2.57. The first kappa shape index (κ1) is 8.17. The van der Waals surface area contributed by atoms with Gasteiger partial charge in [0.1, 0.15) is 6.61 Å². The molecule has 52 valence electrons. The first-order chi connectivity index (χ1) is 4.13. The average molecular weight is 130 g/mol. The van der Waals surface area contributed by atoms with Crippen molar-refractivity contribution in [1.29, 1.82) is 0 Å². The lowest BCUT2D eigenvalue weighted by Crippen LogP contribution is -2.01. The SMILES string of the molecule is C=C(C)COOC(C)=O. The zero-order valence-electron chi connectivity index (χ0n) is 5.64. The van der Waals surface area contributed by atoms with E-state index in [1.807, 2.05) is 0 Å². The highest BCUT2D eigenvalue weighted by molar-refractivity contribution is 5.65. The summed E-state index contributed by atoms with van der Waals surface area (Å²) in [7, 11) is 0. The highest BCUT2D eigenvalue weighted by atomic mass is 17.2. The summed E-state index contributed by atoms with van der Waals surface area (Å²) in [5.74, 6) is -0.448. The van der Waals surface area contributed by atoms with Crippen molar-refractivity contribution in [2.75, 3.05) is 6.61 Å². The molecule has 0 fully saturated rings. The van der Waals surface area contributed by atoms with E-state index >= 15 is 0 Å². The van der Waals surface area contributed by atoms with Crippen molar-refractivity contribution < 1.29 is 14.6 Å². The molecule has 0 aliphatic rings. The molecular formula is C6H10O3. The fourth-order valence-corrected chi connectivity index (χ4v) is 0.213. The standard InChI is InChI=1S/C6H10O3/c1-5(2)4-8-9-6(3)7/h1,4H2,2-3H3. The zero-order valence-corrected chi connectivity index (χ0v) is 5.64. The molecule has 0 saturated heterocycles. The van der Waals surface area contributed by atoms with Gasteiger partial charge in [-0.05, 0) is 6.92 Å². The van der Waals surface area contributed by atoms with Crippen molar-refractivity contribution in [2.24, 2.45) is 0 Å². The first-order valence-corrected chi connectivity index (χ1v) is 2.57. The monoisotopic (exact) mass is 130 g/mol. The fraction of sp³-hybridized carbons (Fsp3) is 0.500. The molecule has 3 nitrogen and oxygen atoms in total. The Bertz CT molecular complexity index is 103. The van der Waals surface area contributed by atoms with E-state index in [2.05, 4.69) is 16.4 Å². The summed E-state index contributed by atoms with van der Waals surface area (Å²) >= 11 is 0. The Labute approximate surface area is 54.2 Å². The molecule has 0 aromatic carbocycles. The van der Waals surface area contributed by atoms with Gasteiger partial charge >= 0.3 is 5.97 Å². The third kappa shape index (κ3) is 7.17. The van der Waals surface area contributed by atoms with Gasteiger partial charge in [-0.2, -0.15) is 4.89 Å². The molecule has 0 N–H and O–H groups in total. The molecular weight excluding hydrogens is 120 g/mol. The minimum atomic E-state index is -0.448. The van der Waals surface area contributed by atoms with Gasteiger partial charge in [-0.15, -0.1) is 0 Å². The van der Waals surface area contributed by atoms with Crippen molar-refractivity contribution in [2.45, 2.75) is 13.8 Å². The number of hydrogen-bond acceptors (Lipinski definition) is 3. The second kappa shape index (κ2) is 4.09. The largest absolute Gasteiger partial charge is 0.339 e. The molecule has 0 atom stereocenters. The number of hydrogen-bond donors (Lipinski definition) is 0. The van der Waals surface area contributed by atoms with Gasteiger partial charge in [-0.3, -0.25) is 4.89 Å². The smallest absolute Gasteiger partial charge is 0.298 e. The van der Waals surface area contributed by atoms with Crippen LogP contribution in [0.25, 0.3) is 0 Å². The van der Waals surface area contributed by atoms with E-state index in [4.69, 9.17) is 0 Å². The van der Waals surface area contributed by atoms with Crippen molar-refractivity contribution >= 4 is 5.97 Å². The Balaban J connectivity index is 3.10. The Morgan fingerprint density at radius 3 is 2.44 bits per heavy atom. The molecule has 9 heavy (non-hydrogen) atoms. The number of carbonyl (C=O) groups excluding carboxylic acids is 1. The molecule has 0 rings (SSSR count). The predicted octanol–water partition coefficient (Wildman–Crippen LogP) is 1.06. The molecule has 0 unspecified atom stereocenters. The lowest BCUT2D eigenvalue weighted by molar-refractivity contribution is -0.264. The van der Waals surface area contributed by atoms with Crippen LogP contribution >= 0.6 is 0 Å². The van der Waals surface area contributed by atoms with Gasteiger partial charge < -0.3 is 0 Å². The summed E-state index contributed by atoms with van der Waals surface area (Å²) in [6, 6.07) is 0. The highest BCUT2D eigenvalue weighted by Gasteiger charge is 1.91. The molecule has 0 aromatic rings. The minimum Gasteiger partial charge on any atom is -0.298 e. The maximum atomic E-state index is 10.0. The molecule has 0 heterocycles. The summed E-state index contributed by atoms with van der Waals surface area (Å²) in [5, 5.41) is 0. The van der Waals surface area contributed by atoms with E-state index in [1.54, 1.807) is 6.92 Å². The van der Waals surface area contributed by atoms with E-state index in [0.717, 1.165) is 5.57 Å². The van der Waals surface area contributed by atoms with Crippen LogP contribution in [0.1, 0.15) is 13.8 Å². The molecule has 0 amide bonds. The lowest BCUT2D eigenvalue weighted by Gasteiger charge is -1.98. The Morgan fingerprint density at radius 2 is 2.11 bits per heavy atom. The molecule has 0 aliphatic carbocycles. The van der Waals surface area contributed by atoms with Crippen LogP contribution in [0.2, 0.25) is 0 Å². The maximum absolute atomic E-state index is 10.0. The summed E-state index contributed by atoms with van der Waals surface area (Å²) < 4.78 is 0.